The normalized spacial score (nSPS) is 23.3. The second-order valence-electron chi connectivity index (χ2n) is 6.96. The minimum absolute atomic E-state index is 0.182. The van der Waals surface area contributed by atoms with Crippen LogP contribution in [0.4, 0.5) is 4.79 Å². The van der Waals surface area contributed by atoms with E-state index in [2.05, 4.69) is 27.5 Å². The van der Waals surface area contributed by atoms with Crippen LogP contribution in [0.5, 0.6) is 0 Å². The minimum Gasteiger partial charge on any atom is -0.444 e. The summed E-state index contributed by atoms with van der Waals surface area (Å²) in [5.74, 6) is 0.978. The van der Waals surface area contributed by atoms with Gasteiger partial charge in [0.1, 0.15) is 11.4 Å². The van der Waals surface area contributed by atoms with Crippen LogP contribution in [0.2, 0.25) is 0 Å². The van der Waals surface area contributed by atoms with Crippen LogP contribution in [0.15, 0.2) is 12.4 Å². The first-order valence-corrected chi connectivity index (χ1v) is 8.12. The van der Waals surface area contributed by atoms with Gasteiger partial charge in [-0.25, -0.2) is 9.78 Å². The lowest BCUT2D eigenvalue weighted by molar-refractivity contribution is 0.0505. The Morgan fingerprint density at radius 2 is 2.18 bits per heavy atom. The zero-order valence-electron chi connectivity index (χ0n) is 14.0. The molecule has 1 aliphatic carbocycles. The van der Waals surface area contributed by atoms with Crippen molar-refractivity contribution in [3.05, 3.63) is 18.2 Å². The molecule has 0 bridgehead atoms. The number of carbonyl (C=O) groups is 1. The van der Waals surface area contributed by atoms with E-state index in [0.717, 1.165) is 31.5 Å². The molecule has 1 aromatic rings. The summed E-state index contributed by atoms with van der Waals surface area (Å²) in [7, 11) is 0. The second-order valence-corrected chi connectivity index (χ2v) is 6.96. The van der Waals surface area contributed by atoms with Crippen molar-refractivity contribution in [3.8, 4) is 0 Å². The quantitative estimate of drug-likeness (QED) is 0.781. The SMILES string of the molecule is CCC(NC1CCC(NC(=O)OC(C)(C)C)C1)c1ncc[nH]1. The standard InChI is InChI=1S/C16H28N4O2/c1-5-13(14-17-8-9-18-14)19-11-6-7-12(10-11)20-15(21)22-16(2,3)4/h8-9,11-13,19H,5-7,10H2,1-4H3,(H,17,18)(H,20,21). The molecule has 0 aromatic carbocycles. The zero-order valence-corrected chi connectivity index (χ0v) is 14.0. The number of H-pyrrole nitrogens is 1. The fraction of sp³-hybridized carbons (Fsp3) is 0.750. The smallest absolute Gasteiger partial charge is 0.407 e. The molecule has 1 amide bonds. The van der Waals surface area contributed by atoms with Crippen molar-refractivity contribution >= 4 is 6.09 Å². The van der Waals surface area contributed by atoms with Gasteiger partial charge in [-0.1, -0.05) is 6.92 Å². The van der Waals surface area contributed by atoms with E-state index in [1.54, 1.807) is 6.20 Å². The number of hydrogen-bond acceptors (Lipinski definition) is 4. The summed E-state index contributed by atoms with van der Waals surface area (Å²) in [4.78, 5) is 19.3. The van der Waals surface area contributed by atoms with Gasteiger partial charge in [0.05, 0.1) is 6.04 Å². The first kappa shape index (κ1) is 16.8. The number of imidazole rings is 1. The van der Waals surface area contributed by atoms with Gasteiger partial charge < -0.3 is 20.4 Å². The summed E-state index contributed by atoms with van der Waals surface area (Å²) >= 11 is 0. The Morgan fingerprint density at radius 1 is 1.45 bits per heavy atom. The van der Waals surface area contributed by atoms with Gasteiger partial charge in [-0.3, -0.25) is 0 Å². The molecular weight excluding hydrogens is 280 g/mol. The molecule has 1 heterocycles. The number of hydrogen-bond donors (Lipinski definition) is 3. The van der Waals surface area contributed by atoms with Crippen molar-refractivity contribution < 1.29 is 9.53 Å². The Balaban J connectivity index is 1.79. The topological polar surface area (TPSA) is 79.0 Å². The number of ether oxygens (including phenoxy) is 1. The van der Waals surface area contributed by atoms with Crippen LogP contribution in [-0.2, 0) is 4.74 Å². The molecule has 3 atom stereocenters. The number of rotatable bonds is 5. The van der Waals surface area contributed by atoms with E-state index in [1.165, 1.54) is 0 Å². The Morgan fingerprint density at radius 3 is 2.77 bits per heavy atom. The summed E-state index contributed by atoms with van der Waals surface area (Å²) in [5, 5.41) is 6.60. The Bertz CT molecular complexity index is 467. The third-order valence-electron chi connectivity index (χ3n) is 3.85. The molecule has 2 rings (SSSR count). The van der Waals surface area contributed by atoms with E-state index in [-0.39, 0.29) is 18.2 Å². The van der Waals surface area contributed by atoms with E-state index >= 15 is 0 Å². The summed E-state index contributed by atoms with van der Waals surface area (Å²) in [6, 6.07) is 0.816. The maximum atomic E-state index is 11.8. The van der Waals surface area contributed by atoms with Crippen molar-refractivity contribution in [2.24, 2.45) is 0 Å². The van der Waals surface area contributed by atoms with Crippen molar-refractivity contribution in [3.63, 3.8) is 0 Å². The number of amides is 1. The molecule has 0 saturated heterocycles. The highest BCUT2D eigenvalue weighted by Gasteiger charge is 2.29. The first-order valence-electron chi connectivity index (χ1n) is 8.12. The molecule has 3 unspecified atom stereocenters. The third-order valence-corrected chi connectivity index (χ3v) is 3.85. The molecule has 1 fully saturated rings. The average Bonchev–Trinajstić information content (AvgIpc) is 3.04. The predicted octanol–water partition coefficient (Wildman–Crippen LogP) is 2.90. The third kappa shape index (κ3) is 5.02. The average molecular weight is 308 g/mol. The van der Waals surface area contributed by atoms with E-state index in [0.29, 0.717) is 6.04 Å². The molecule has 6 nitrogen and oxygen atoms in total. The highest BCUT2D eigenvalue weighted by Crippen LogP contribution is 2.23. The van der Waals surface area contributed by atoms with Crippen molar-refractivity contribution in [2.45, 2.75) is 77.1 Å². The molecule has 1 aromatic heterocycles. The molecule has 1 aliphatic rings. The van der Waals surface area contributed by atoms with Crippen LogP contribution in [0.1, 0.15) is 65.2 Å². The lowest BCUT2D eigenvalue weighted by Gasteiger charge is -2.22. The maximum Gasteiger partial charge on any atom is 0.407 e. The van der Waals surface area contributed by atoms with Gasteiger partial charge in [-0.05, 0) is 46.5 Å². The van der Waals surface area contributed by atoms with E-state index in [4.69, 9.17) is 4.74 Å². The van der Waals surface area contributed by atoms with Crippen LogP contribution < -0.4 is 10.6 Å². The first-order chi connectivity index (χ1) is 10.4. The fourth-order valence-corrected chi connectivity index (χ4v) is 2.88. The highest BCUT2D eigenvalue weighted by atomic mass is 16.6. The minimum atomic E-state index is -0.451. The molecule has 3 N–H and O–H groups in total. The summed E-state index contributed by atoms with van der Waals surface area (Å²) in [6.45, 7) is 7.77. The van der Waals surface area contributed by atoms with E-state index < -0.39 is 5.60 Å². The van der Waals surface area contributed by atoms with Crippen molar-refractivity contribution in [1.29, 1.82) is 0 Å². The van der Waals surface area contributed by atoms with Gasteiger partial charge in [0.15, 0.2) is 0 Å². The summed E-state index contributed by atoms with van der Waals surface area (Å²) < 4.78 is 5.31. The lowest BCUT2D eigenvalue weighted by atomic mass is 10.1. The van der Waals surface area contributed by atoms with Gasteiger partial charge in [-0.15, -0.1) is 0 Å². The number of aromatic nitrogens is 2. The molecule has 124 valence electrons. The summed E-state index contributed by atoms with van der Waals surface area (Å²) in [6.07, 6.45) is 7.24. The predicted molar refractivity (Wildman–Crippen MR) is 85.6 cm³/mol. The molecule has 0 radical (unpaired) electrons. The largest absolute Gasteiger partial charge is 0.444 e. The number of alkyl carbamates (subject to hydrolysis) is 1. The molecule has 0 aliphatic heterocycles. The molecule has 0 spiro atoms. The Hall–Kier alpha value is -1.56. The number of nitrogens with zero attached hydrogens (tertiary/aromatic N) is 1. The number of carbonyl (C=O) groups excluding carboxylic acids is 1. The van der Waals surface area contributed by atoms with Crippen molar-refractivity contribution in [2.75, 3.05) is 0 Å². The second kappa shape index (κ2) is 7.13. The molecule has 6 heteroatoms. The van der Waals surface area contributed by atoms with Gasteiger partial charge in [0.2, 0.25) is 0 Å². The Kier molecular flexibility index (Phi) is 5.45. The van der Waals surface area contributed by atoms with Gasteiger partial charge >= 0.3 is 6.09 Å². The van der Waals surface area contributed by atoms with Crippen LogP contribution in [-0.4, -0.2) is 33.7 Å². The van der Waals surface area contributed by atoms with Crippen LogP contribution in [0.25, 0.3) is 0 Å². The van der Waals surface area contributed by atoms with Gasteiger partial charge in [0.25, 0.3) is 0 Å². The number of nitrogens with one attached hydrogen (secondary N) is 3. The lowest BCUT2D eigenvalue weighted by Crippen LogP contribution is -2.39. The van der Waals surface area contributed by atoms with Crippen molar-refractivity contribution in [1.82, 2.24) is 20.6 Å². The monoisotopic (exact) mass is 308 g/mol. The Labute approximate surface area is 132 Å². The highest BCUT2D eigenvalue weighted by molar-refractivity contribution is 5.68. The van der Waals surface area contributed by atoms with Crippen LogP contribution in [0, 0.1) is 0 Å². The summed E-state index contributed by atoms with van der Waals surface area (Å²) in [5.41, 5.74) is -0.451. The van der Waals surface area contributed by atoms with E-state index in [1.807, 2.05) is 27.0 Å². The molecular formula is C16H28N4O2. The van der Waals surface area contributed by atoms with Crippen LogP contribution in [0.3, 0.4) is 0 Å². The van der Waals surface area contributed by atoms with E-state index in [9.17, 15) is 4.79 Å². The zero-order chi connectivity index (χ0) is 16.2. The molecule has 22 heavy (non-hydrogen) atoms. The molecule has 1 saturated carbocycles. The van der Waals surface area contributed by atoms with Gasteiger partial charge in [0, 0.05) is 24.5 Å². The van der Waals surface area contributed by atoms with Gasteiger partial charge in [-0.2, -0.15) is 0 Å². The van der Waals surface area contributed by atoms with Crippen LogP contribution >= 0.6 is 0 Å². The number of aromatic amines is 1. The fourth-order valence-electron chi connectivity index (χ4n) is 2.88. The maximum absolute atomic E-state index is 11.8.